The minimum absolute atomic E-state index is 0.446. The normalized spacial score (nSPS) is 11.2. The Morgan fingerprint density at radius 1 is 1.35 bits per heavy atom. The largest absolute Gasteiger partial charge is 0.315 e. The van der Waals surface area contributed by atoms with E-state index in [-0.39, 0.29) is 0 Å². The monoisotopic (exact) mass is 270 g/mol. The molecule has 0 spiro atoms. The van der Waals surface area contributed by atoms with E-state index in [1.807, 2.05) is 4.57 Å². The number of rotatable bonds is 5. The van der Waals surface area contributed by atoms with Gasteiger partial charge in [-0.25, -0.2) is 15.0 Å². The lowest BCUT2D eigenvalue weighted by Crippen LogP contribution is -1.96. The van der Waals surface area contributed by atoms with Crippen LogP contribution in [0.3, 0.4) is 0 Å². The molecule has 0 amide bonds. The summed E-state index contributed by atoms with van der Waals surface area (Å²) in [5.74, 6) is 1.03. The van der Waals surface area contributed by atoms with Crippen LogP contribution in [-0.2, 0) is 6.54 Å². The quantitative estimate of drug-likeness (QED) is 0.362. The molecule has 4 nitrogen and oxygen atoms in total. The molecule has 0 aliphatic carbocycles. The minimum atomic E-state index is 0.446. The van der Waals surface area contributed by atoms with Gasteiger partial charge in [0.1, 0.15) is 5.52 Å². The predicted molar refractivity (Wildman–Crippen MR) is 71.6 cm³/mol. The smallest absolute Gasteiger partial charge is 0.191 e. The lowest BCUT2D eigenvalue weighted by Gasteiger charge is -2.02. The Morgan fingerprint density at radius 2 is 2.18 bits per heavy atom. The van der Waals surface area contributed by atoms with Crippen molar-refractivity contribution in [2.24, 2.45) is 0 Å². The van der Waals surface area contributed by atoms with Crippen LogP contribution in [0.2, 0.25) is 5.15 Å². The Labute approximate surface area is 110 Å². The molecular weight excluding hydrogens is 256 g/mol. The van der Waals surface area contributed by atoms with Crippen LogP contribution in [0.25, 0.3) is 11.2 Å². The van der Waals surface area contributed by atoms with E-state index in [0.29, 0.717) is 10.7 Å². The van der Waals surface area contributed by atoms with Crippen LogP contribution in [0.15, 0.2) is 11.5 Å². The van der Waals surface area contributed by atoms with E-state index < -0.39 is 0 Å². The van der Waals surface area contributed by atoms with Gasteiger partial charge in [0.05, 0.1) is 6.33 Å². The van der Waals surface area contributed by atoms with Crippen molar-refractivity contribution in [3.63, 3.8) is 0 Å². The summed E-state index contributed by atoms with van der Waals surface area (Å²) in [5, 5.41) is 1.19. The topological polar surface area (TPSA) is 43.6 Å². The molecule has 0 fully saturated rings. The molecule has 0 unspecified atom stereocenters. The standard InChI is InChI=1S/C11H15ClN4S/c1-3-5-6-17-11-14-9(12)8-10(15-11)16(4-2)7-13-8/h7H,3-6H2,1-2H3. The number of unbranched alkanes of at least 4 members (excludes halogenated alkanes) is 1. The number of aryl methyl sites for hydroxylation is 1. The van der Waals surface area contributed by atoms with Gasteiger partial charge >= 0.3 is 0 Å². The molecule has 92 valence electrons. The number of imidazole rings is 1. The first-order valence-electron chi connectivity index (χ1n) is 5.77. The molecule has 0 aliphatic rings. The number of hydrogen-bond donors (Lipinski definition) is 0. The molecule has 2 heterocycles. The minimum Gasteiger partial charge on any atom is -0.315 e. The maximum absolute atomic E-state index is 6.11. The Bertz CT molecular complexity index is 511. The molecule has 17 heavy (non-hydrogen) atoms. The molecule has 2 aromatic rings. The highest BCUT2D eigenvalue weighted by molar-refractivity contribution is 7.99. The molecule has 0 bridgehead atoms. The van der Waals surface area contributed by atoms with Crippen molar-refractivity contribution in [1.82, 2.24) is 19.5 Å². The maximum atomic E-state index is 6.11. The Hall–Kier alpha value is -0.810. The first-order chi connectivity index (χ1) is 8.26. The molecule has 2 rings (SSSR count). The van der Waals surface area contributed by atoms with Crippen LogP contribution in [0.1, 0.15) is 26.7 Å². The van der Waals surface area contributed by atoms with Gasteiger partial charge in [0.25, 0.3) is 0 Å². The molecular formula is C11H15ClN4S. The summed E-state index contributed by atoms with van der Waals surface area (Å²) in [4.78, 5) is 13.0. The van der Waals surface area contributed by atoms with Crippen molar-refractivity contribution in [2.75, 3.05) is 5.75 Å². The fourth-order valence-electron chi connectivity index (χ4n) is 1.49. The lowest BCUT2D eigenvalue weighted by molar-refractivity contribution is 0.770. The Kier molecular flexibility index (Phi) is 4.23. The predicted octanol–water partition coefficient (Wildman–Crippen LogP) is 3.39. The molecule has 2 aromatic heterocycles. The SMILES string of the molecule is CCCCSc1nc(Cl)c2ncn(CC)c2n1. The van der Waals surface area contributed by atoms with Crippen LogP contribution in [0, 0.1) is 0 Å². The van der Waals surface area contributed by atoms with Gasteiger partial charge in [-0.3, -0.25) is 0 Å². The van der Waals surface area contributed by atoms with Gasteiger partial charge in [0.2, 0.25) is 0 Å². The van der Waals surface area contributed by atoms with E-state index in [9.17, 15) is 0 Å². The highest BCUT2D eigenvalue weighted by Crippen LogP contribution is 2.23. The number of aromatic nitrogens is 4. The maximum Gasteiger partial charge on any atom is 0.191 e. The van der Waals surface area contributed by atoms with Gasteiger partial charge in [-0.15, -0.1) is 0 Å². The van der Waals surface area contributed by atoms with Gasteiger partial charge < -0.3 is 4.57 Å². The summed E-state index contributed by atoms with van der Waals surface area (Å²) in [6, 6.07) is 0. The molecule has 0 aliphatic heterocycles. The average molecular weight is 271 g/mol. The second kappa shape index (κ2) is 5.69. The van der Waals surface area contributed by atoms with E-state index in [0.717, 1.165) is 29.5 Å². The highest BCUT2D eigenvalue weighted by atomic mass is 35.5. The second-order valence-electron chi connectivity index (χ2n) is 3.70. The van der Waals surface area contributed by atoms with Crippen molar-refractivity contribution in [2.45, 2.75) is 38.4 Å². The third-order valence-corrected chi connectivity index (χ3v) is 3.67. The van der Waals surface area contributed by atoms with Crippen molar-refractivity contribution >= 4 is 34.5 Å². The molecule has 0 saturated carbocycles. The molecule has 6 heteroatoms. The summed E-state index contributed by atoms with van der Waals surface area (Å²) in [6.45, 7) is 5.06. The van der Waals surface area contributed by atoms with Crippen LogP contribution < -0.4 is 0 Å². The van der Waals surface area contributed by atoms with Gasteiger partial charge in [-0.05, 0) is 13.3 Å². The third-order valence-electron chi connectivity index (χ3n) is 2.47. The first-order valence-corrected chi connectivity index (χ1v) is 7.13. The molecule has 0 aromatic carbocycles. The second-order valence-corrected chi connectivity index (χ2v) is 5.12. The van der Waals surface area contributed by atoms with Crippen molar-refractivity contribution in [3.8, 4) is 0 Å². The van der Waals surface area contributed by atoms with E-state index >= 15 is 0 Å². The molecule has 0 saturated heterocycles. The van der Waals surface area contributed by atoms with Crippen LogP contribution >= 0.6 is 23.4 Å². The zero-order valence-corrected chi connectivity index (χ0v) is 11.6. The van der Waals surface area contributed by atoms with Crippen molar-refractivity contribution in [1.29, 1.82) is 0 Å². The van der Waals surface area contributed by atoms with Gasteiger partial charge in [-0.2, -0.15) is 0 Å². The summed E-state index contributed by atoms with van der Waals surface area (Å²) < 4.78 is 1.98. The summed E-state index contributed by atoms with van der Waals surface area (Å²) >= 11 is 7.75. The zero-order chi connectivity index (χ0) is 12.3. The fourth-order valence-corrected chi connectivity index (χ4v) is 2.68. The number of fused-ring (bicyclic) bond motifs is 1. The van der Waals surface area contributed by atoms with Crippen LogP contribution in [0.4, 0.5) is 0 Å². The number of nitrogens with zero attached hydrogens (tertiary/aromatic N) is 4. The summed E-state index contributed by atoms with van der Waals surface area (Å²) in [5.41, 5.74) is 1.51. The number of thioether (sulfide) groups is 1. The summed E-state index contributed by atoms with van der Waals surface area (Å²) in [6.07, 6.45) is 4.10. The van der Waals surface area contributed by atoms with E-state index in [1.54, 1.807) is 18.1 Å². The van der Waals surface area contributed by atoms with Gasteiger partial charge in [0.15, 0.2) is 16.0 Å². The van der Waals surface area contributed by atoms with Gasteiger partial charge in [-0.1, -0.05) is 36.7 Å². The highest BCUT2D eigenvalue weighted by Gasteiger charge is 2.11. The van der Waals surface area contributed by atoms with Crippen molar-refractivity contribution in [3.05, 3.63) is 11.5 Å². The van der Waals surface area contributed by atoms with Crippen LogP contribution in [-0.4, -0.2) is 25.3 Å². The first kappa shape index (κ1) is 12.6. The van der Waals surface area contributed by atoms with Crippen LogP contribution in [0.5, 0.6) is 0 Å². The number of halogens is 1. The Morgan fingerprint density at radius 3 is 2.88 bits per heavy atom. The van der Waals surface area contributed by atoms with E-state index in [2.05, 4.69) is 28.8 Å². The average Bonchev–Trinajstić information content (AvgIpc) is 2.73. The fraction of sp³-hybridized carbons (Fsp3) is 0.545. The lowest BCUT2D eigenvalue weighted by atomic mass is 10.4. The van der Waals surface area contributed by atoms with Crippen molar-refractivity contribution < 1.29 is 0 Å². The van der Waals surface area contributed by atoms with E-state index in [1.165, 1.54) is 6.42 Å². The molecule has 0 N–H and O–H groups in total. The van der Waals surface area contributed by atoms with E-state index in [4.69, 9.17) is 11.6 Å². The van der Waals surface area contributed by atoms with Gasteiger partial charge in [0, 0.05) is 12.3 Å². The third kappa shape index (κ3) is 2.72. The zero-order valence-electron chi connectivity index (χ0n) is 9.98. The molecule has 0 atom stereocenters. The summed E-state index contributed by atoms with van der Waals surface area (Å²) in [7, 11) is 0. The molecule has 0 radical (unpaired) electrons. The Balaban J connectivity index is 2.31. The number of hydrogen-bond acceptors (Lipinski definition) is 4.